The lowest BCUT2D eigenvalue weighted by molar-refractivity contribution is -0.134. The maximum Gasteiger partial charge on any atom is 0.287 e. The van der Waals surface area contributed by atoms with Crippen molar-refractivity contribution < 1.29 is 4.79 Å². The quantitative estimate of drug-likeness (QED) is 0.784. The van der Waals surface area contributed by atoms with Crippen LogP contribution in [0.2, 0.25) is 5.02 Å². The molecule has 7 nitrogen and oxygen atoms in total. The molecule has 1 aromatic heterocycles. The van der Waals surface area contributed by atoms with Crippen LogP contribution in [0.15, 0.2) is 11.0 Å². The topological polar surface area (TPSA) is 61.7 Å². The zero-order chi connectivity index (χ0) is 18.7. The van der Waals surface area contributed by atoms with Gasteiger partial charge in [-0.1, -0.05) is 18.5 Å². The Bertz CT molecular complexity index is 691. The van der Waals surface area contributed by atoms with E-state index in [1.54, 1.807) is 13.2 Å². The van der Waals surface area contributed by atoms with Gasteiger partial charge in [0.1, 0.15) is 5.02 Å². The first-order chi connectivity index (χ1) is 12.5. The average Bonchev–Trinajstić information content (AvgIpc) is 2.67. The summed E-state index contributed by atoms with van der Waals surface area (Å²) in [5, 5.41) is 4.30. The molecule has 144 valence electrons. The van der Waals surface area contributed by atoms with E-state index in [4.69, 9.17) is 11.6 Å². The fourth-order valence-corrected chi connectivity index (χ4v) is 4.08. The van der Waals surface area contributed by atoms with Crippen molar-refractivity contribution >= 4 is 23.2 Å². The Hall–Kier alpha value is -1.60. The van der Waals surface area contributed by atoms with Gasteiger partial charge in [-0.25, -0.2) is 4.68 Å². The van der Waals surface area contributed by atoms with Crippen LogP contribution in [0, 0.1) is 5.92 Å². The molecule has 0 aromatic carbocycles. The largest absolute Gasteiger partial charge is 0.369 e. The molecule has 0 radical (unpaired) electrons. The first-order valence-electron chi connectivity index (χ1n) is 9.46. The lowest BCUT2D eigenvalue weighted by Crippen LogP contribution is -2.49. The van der Waals surface area contributed by atoms with E-state index in [0.717, 1.165) is 58.7 Å². The molecule has 3 rings (SSSR count). The minimum Gasteiger partial charge on any atom is -0.369 e. The number of hydrogen-bond donors (Lipinski definition) is 0. The highest BCUT2D eigenvalue weighted by Gasteiger charge is 2.27. The Morgan fingerprint density at radius 3 is 2.46 bits per heavy atom. The third-order valence-corrected chi connectivity index (χ3v) is 6.01. The molecule has 2 aliphatic rings. The molecular formula is C18H28ClN5O2. The number of rotatable bonds is 4. The summed E-state index contributed by atoms with van der Waals surface area (Å²) in [5.74, 6) is 0.689. The van der Waals surface area contributed by atoms with Gasteiger partial charge in [0.05, 0.1) is 11.9 Å². The van der Waals surface area contributed by atoms with Crippen LogP contribution in [-0.2, 0) is 11.8 Å². The smallest absolute Gasteiger partial charge is 0.287 e. The maximum atomic E-state index is 12.6. The number of amides is 1. The maximum absolute atomic E-state index is 12.6. The molecule has 1 amide bonds. The molecule has 0 atom stereocenters. The standard InChI is InChI=1S/C18H28ClN5O2/c1-3-22-8-10-24(11-9-22)16(25)12-14-4-6-23(7-5-14)15-13-20-21(2)18(26)17(15)19/h13-14H,3-12H2,1-2H3. The molecule has 1 aromatic rings. The van der Waals surface area contributed by atoms with Gasteiger partial charge in [-0.2, -0.15) is 5.10 Å². The first kappa shape index (κ1) is 19.2. The summed E-state index contributed by atoms with van der Waals surface area (Å²) in [6, 6.07) is 0. The Balaban J connectivity index is 1.50. The molecular weight excluding hydrogens is 354 g/mol. The molecule has 0 bridgehead atoms. The average molecular weight is 382 g/mol. The molecule has 0 saturated carbocycles. The zero-order valence-electron chi connectivity index (χ0n) is 15.7. The number of piperidine rings is 1. The SMILES string of the molecule is CCN1CCN(C(=O)CC2CCN(c3cnn(C)c(=O)c3Cl)CC2)CC1. The Labute approximate surface area is 159 Å². The highest BCUT2D eigenvalue weighted by Crippen LogP contribution is 2.28. The van der Waals surface area contributed by atoms with Gasteiger partial charge in [-0.05, 0) is 25.3 Å². The van der Waals surface area contributed by atoms with Gasteiger partial charge in [0.2, 0.25) is 5.91 Å². The van der Waals surface area contributed by atoms with Crippen molar-refractivity contribution in [2.24, 2.45) is 13.0 Å². The first-order valence-corrected chi connectivity index (χ1v) is 9.84. The van der Waals surface area contributed by atoms with Gasteiger partial charge in [0, 0.05) is 52.7 Å². The van der Waals surface area contributed by atoms with Gasteiger partial charge in [0.25, 0.3) is 5.56 Å². The summed E-state index contributed by atoms with van der Waals surface area (Å²) in [7, 11) is 1.59. The van der Waals surface area contributed by atoms with Crippen LogP contribution in [0.5, 0.6) is 0 Å². The zero-order valence-corrected chi connectivity index (χ0v) is 16.4. The van der Waals surface area contributed by atoms with Crippen molar-refractivity contribution in [1.82, 2.24) is 19.6 Å². The molecule has 0 spiro atoms. The normalized spacial score (nSPS) is 19.8. The second-order valence-corrected chi connectivity index (χ2v) is 7.60. The van der Waals surface area contributed by atoms with Gasteiger partial charge in [-0.15, -0.1) is 0 Å². The van der Waals surface area contributed by atoms with Crippen LogP contribution in [0.4, 0.5) is 5.69 Å². The summed E-state index contributed by atoms with van der Waals surface area (Å²) in [5.41, 5.74) is 0.433. The van der Waals surface area contributed by atoms with Crippen LogP contribution in [0.3, 0.4) is 0 Å². The number of anilines is 1. The summed E-state index contributed by atoms with van der Waals surface area (Å²) in [4.78, 5) is 31.0. The number of carbonyl (C=O) groups excluding carboxylic acids is 1. The summed E-state index contributed by atoms with van der Waals surface area (Å²) >= 11 is 6.20. The van der Waals surface area contributed by atoms with Crippen molar-refractivity contribution in [2.75, 3.05) is 50.7 Å². The van der Waals surface area contributed by atoms with E-state index in [0.29, 0.717) is 18.0 Å². The highest BCUT2D eigenvalue weighted by atomic mass is 35.5. The van der Waals surface area contributed by atoms with E-state index in [2.05, 4.69) is 21.8 Å². The van der Waals surface area contributed by atoms with Crippen LogP contribution >= 0.6 is 11.6 Å². The number of carbonyl (C=O) groups is 1. The number of piperazine rings is 1. The third-order valence-electron chi connectivity index (χ3n) is 5.65. The van der Waals surface area contributed by atoms with Gasteiger partial charge in [0.15, 0.2) is 0 Å². The van der Waals surface area contributed by atoms with Crippen molar-refractivity contribution in [3.63, 3.8) is 0 Å². The molecule has 0 unspecified atom stereocenters. The second kappa shape index (κ2) is 8.39. The number of nitrogens with zero attached hydrogens (tertiary/aromatic N) is 5. The van der Waals surface area contributed by atoms with Crippen LogP contribution in [0.25, 0.3) is 0 Å². The Kier molecular flexibility index (Phi) is 6.19. The van der Waals surface area contributed by atoms with Crippen LogP contribution in [0.1, 0.15) is 26.2 Å². The predicted octanol–water partition coefficient (Wildman–Crippen LogP) is 1.20. The third kappa shape index (κ3) is 4.20. The van der Waals surface area contributed by atoms with E-state index in [9.17, 15) is 9.59 Å². The van der Waals surface area contributed by atoms with Crippen molar-refractivity contribution in [3.8, 4) is 0 Å². The van der Waals surface area contributed by atoms with Crippen LogP contribution < -0.4 is 10.5 Å². The molecule has 8 heteroatoms. The monoisotopic (exact) mass is 381 g/mol. The molecule has 2 fully saturated rings. The van der Waals surface area contributed by atoms with Crippen molar-refractivity contribution in [3.05, 3.63) is 21.6 Å². The van der Waals surface area contributed by atoms with E-state index < -0.39 is 0 Å². The highest BCUT2D eigenvalue weighted by molar-refractivity contribution is 6.33. The summed E-state index contributed by atoms with van der Waals surface area (Å²) < 4.78 is 1.25. The minimum absolute atomic E-state index is 0.228. The summed E-state index contributed by atoms with van der Waals surface area (Å²) in [6.07, 6.45) is 4.16. The molecule has 2 saturated heterocycles. The number of likely N-dealkylation sites (N-methyl/N-ethyl adjacent to an activating group) is 1. The van der Waals surface area contributed by atoms with Gasteiger partial charge in [-0.3, -0.25) is 9.59 Å². The Morgan fingerprint density at radius 1 is 1.19 bits per heavy atom. The Morgan fingerprint density at radius 2 is 1.85 bits per heavy atom. The van der Waals surface area contributed by atoms with E-state index in [1.807, 2.05) is 4.90 Å². The molecule has 3 heterocycles. The predicted molar refractivity (Wildman–Crippen MR) is 103 cm³/mol. The number of hydrogen-bond acceptors (Lipinski definition) is 5. The van der Waals surface area contributed by atoms with E-state index in [1.165, 1.54) is 4.68 Å². The van der Waals surface area contributed by atoms with Gasteiger partial charge >= 0.3 is 0 Å². The molecule has 26 heavy (non-hydrogen) atoms. The van der Waals surface area contributed by atoms with Crippen LogP contribution in [-0.4, -0.2) is 71.3 Å². The van der Waals surface area contributed by atoms with Crippen molar-refractivity contribution in [2.45, 2.75) is 26.2 Å². The van der Waals surface area contributed by atoms with Crippen molar-refractivity contribution in [1.29, 1.82) is 0 Å². The summed E-state index contributed by atoms with van der Waals surface area (Å²) in [6.45, 7) is 8.48. The number of aromatic nitrogens is 2. The fourth-order valence-electron chi connectivity index (χ4n) is 3.79. The van der Waals surface area contributed by atoms with E-state index in [-0.39, 0.29) is 16.5 Å². The van der Waals surface area contributed by atoms with Gasteiger partial charge < -0.3 is 14.7 Å². The number of aryl methyl sites for hydroxylation is 1. The second-order valence-electron chi connectivity index (χ2n) is 7.22. The lowest BCUT2D eigenvalue weighted by atomic mass is 9.92. The molecule has 0 N–H and O–H groups in total. The minimum atomic E-state index is -0.271. The fraction of sp³-hybridized carbons (Fsp3) is 0.722. The lowest BCUT2D eigenvalue weighted by Gasteiger charge is -2.37. The molecule has 0 aliphatic carbocycles. The number of halogens is 1. The molecule has 2 aliphatic heterocycles. The van der Waals surface area contributed by atoms with E-state index >= 15 is 0 Å².